The Morgan fingerprint density at radius 2 is 2.06 bits per heavy atom. The molecule has 0 radical (unpaired) electrons. The van der Waals surface area contributed by atoms with Crippen molar-refractivity contribution in [3.63, 3.8) is 0 Å². The standard InChI is InChI=1S/C24H29N5O5/c1-4-27-22(30)20(14(2)3)29(24(27)33)19-13-26-10-11-34-18-12-15(7-8-16(18)21(26)25-19)28-9-5-6-17(28)23(31)32/h7-8,12-14,17,20H,4-6,9-11H2,1-3H3,(H,31,32)/t17-,20?/m0/s1. The fraction of sp³-hybridized carbons (Fsp3) is 0.500. The van der Waals surface area contributed by atoms with E-state index < -0.39 is 18.1 Å². The molecule has 3 aliphatic rings. The van der Waals surface area contributed by atoms with Crippen molar-refractivity contribution < 1.29 is 24.2 Å². The topological polar surface area (TPSA) is 108 Å². The van der Waals surface area contributed by atoms with Crippen molar-refractivity contribution in [1.82, 2.24) is 14.5 Å². The third-order valence-corrected chi connectivity index (χ3v) is 6.86. The largest absolute Gasteiger partial charge is 0.491 e. The number of aliphatic carboxylic acids is 1. The van der Waals surface area contributed by atoms with Gasteiger partial charge >= 0.3 is 12.0 Å². The summed E-state index contributed by atoms with van der Waals surface area (Å²) in [5, 5.41) is 9.56. The van der Waals surface area contributed by atoms with Crippen molar-refractivity contribution in [2.45, 2.75) is 52.2 Å². The van der Waals surface area contributed by atoms with Crippen LogP contribution in [-0.2, 0) is 16.1 Å². The number of carbonyl (C=O) groups excluding carboxylic acids is 2. The van der Waals surface area contributed by atoms with Crippen LogP contribution in [0.2, 0.25) is 0 Å². The highest BCUT2D eigenvalue weighted by Gasteiger charge is 2.47. The molecule has 1 aromatic carbocycles. The minimum Gasteiger partial charge on any atom is -0.491 e. The highest BCUT2D eigenvalue weighted by Crippen LogP contribution is 2.39. The van der Waals surface area contributed by atoms with Crippen LogP contribution in [-0.4, -0.2) is 69.2 Å². The molecule has 10 nitrogen and oxygen atoms in total. The quantitative estimate of drug-likeness (QED) is 0.674. The molecule has 5 rings (SSSR count). The van der Waals surface area contributed by atoms with E-state index in [-0.39, 0.29) is 17.9 Å². The van der Waals surface area contributed by atoms with E-state index in [4.69, 9.17) is 9.72 Å². The van der Waals surface area contributed by atoms with Crippen LogP contribution in [0.4, 0.5) is 16.3 Å². The minimum atomic E-state index is -0.820. The second kappa shape index (κ2) is 8.34. The molecule has 1 unspecified atom stereocenters. The van der Waals surface area contributed by atoms with Crippen molar-refractivity contribution in [3.05, 3.63) is 24.4 Å². The smallest absolute Gasteiger partial charge is 0.333 e. The molecule has 0 bridgehead atoms. The first-order valence-electron chi connectivity index (χ1n) is 11.8. The molecule has 2 saturated heterocycles. The van der Waals surface area contributed by atoms with Gasteiger partial charge in [-0.15, -0.1) is 0 Å². The van der Waals surface area contributed by atoms with Gasteiger partial charge in [0.05, 0.1) is 12.1 Å². The summed E-state index contributed by atoms with van der Waals surface area (Å²) in [4.78, 5) is 47.1. The highest BCUT2D eigenvalue weighted by molar-refractivity contribution is 6.14. The van der Waals surface area contributed by atoms with Gasteiger partial charge in [0.15, 0.2) is 5.82 Å². The van der Waals surface area contributed by atoms with Gasteiger partial charge in [-0.2, -0.15) is 0 Å². The molecular weight excluding hydrogens is 438 g/mol. The Morgan fingerprint density at radius 1 is 1.26 bits per heavy atom. The Morgan fingerprint density at radius 3 is 2.76 bits per heavy atom. The van der Waals surface area contributed by atoms with Gasteiger partial charge in [0.1, 0.15) is 30.3 Å². The van der Waals surface area contributed by atoms with E-state index in [9.17, 15) is 19.5 Å². The fourth-order valence-electron chi connectivity index (χ4n) is 5.21. The van der Waals surface area contributed by atoms with Crippen LogP contribution in [0.15, 0.2) is 24.4 Å². The number of anilines is 2. The number of likely N-dealkylation sites (N-methyl/N-ethyl adjacent to an activating group) is 1. The summed E-state index contributed by atoms with van der Waals surface area (Å²) in [6.45, 7) is 7.59. The Kier molecular flexibility index (Phi) is 5.45. The number of carbonyl (C=O) groups is 3. The molecule has 2 aromatic rings. The zero-order valence-corrected chi connectivity index (χ0v) is 19.6. The number of amides is 3. The van der Waals surface area contributed by atoms with Gasteiger partial charge in [0.2, 0.25) is 0 Å². The second-order valence-electron chi connectivity index (χ2n) is 9.26. The predicted octanol–water partition coefficient (Wildman–Crippen LogP) is 2.81. The maximum absolute atomic E-state index is 13.1. The Bertz CT molecular complexity index is 1160. The molecule has 34 heavy (non-hydrogen) atoms. The molecule has 0 aliphatic carbocycles. The van der Waals surface area contributed by atoms with Gasteiger partial charge in [0, 0.05) is 31.0 Å². The van der Waals surface area contributed by atoms with Gasteiger partial charge in [-0.3, -0.25) is 14.6 Å². The van der Waals surface area contributed by atoms with Crippen LogP contribution in [0.3, 0.4) is 0 Å². The number of hydrogen-bond donors (Lipinski definition) is 1. The molecule has 2 fully saturated rings. The maximum atomic E-state index is 13.1. The number of benzene rings is 1. The lowest BCUT2D eigenvalue weighted by molar-refractivity contribution is -0.138. The van der Waals surface area contributed by atoms with E-state index in [2.05, 4.69) is 0 Å². The molecule has 3 aliphatic heterocycles. The normalized spacial score (nSPS) is 22.2. The van der Waals surface area contributed by atoms with E-state index in [1.54, 1.807) is 6.92 Å². The Hall–Kier alpha value is -3.56. The summed E-state index contributed by atoms with van der Waals surface area (Å²) in [5.41, 5.74) is 1.58. The minimum absolute atomic E-state index is 0.0599. The van der Waals surface area contributed by atoms with Crippen molar-refractivity contribution in [2.24, 2.45) is 5.92 Å². The number of imide groups is 1. The van der Waals surface area contributed by atoms with Crippen molar-refractivity contribution in [1.29, 1.82) is 0 Å². The van der Waals surface area contributed by atoms with E-state index in [1.807, 2.05) is 47.7 Å². The lowest BCUT2D eigenvalue weighted by atomic mass is 10.0. The predicted molar refractivity (Wildman–Crippen MR) is 125 cm³/mol. The van der Waals surface area contributed by atoms with Crippen LogP contribution in [0.25, 0.3) is 11.4 Å². The molecule has 4 heterocycles. The van der Waals surface area contributed by atoms with Crippen molar-refractivity contribution >= 4 is 29.4 Å². The van der Waals surface area contributed by atoms with Crippen LogP contribution in [0, 0.1) is 5.92 Å². The third kappa shape index (κ3) is 3.39. The summed E-state index contributed by atoms with van der Waals surface area (Å²) in [6.07, 6.45) is 3.26. The van der Waals surface area contributed by atoms with E-state index in [1.165, 1.54) is 9.80 Å². The van der Waals surface area contributed by atoms with E-state index in [0.29, 0.717) is 50.1 Å². The summed E-state index contributed by atoms with van der Waals surface area (Å²) in [6, 6.07) is 4.19. The van der Waals surface area contributed by atoms with Gasteiger partial charge in [-0.1, -0.05) is 13.8 Å². The van der Waals surface area contributed by atoms with Gasteiger partial charge in [0.25, 0.3) is 5.91 Å². The molecule has 180 valence electrons. The number of hydrogen-bond acceptors (Lipinski definition) is 6. The summed E-state index contributed by atoms with van der Waals surface area (Å²) in [7, 11) is 0. The number of fused-ring (bicyclic) bond motifs is 3. The first kappa shape index (κ1) is 22.2. The number of carboxylic acids is 1. The lowest BCUT2D eigenvalue weighted by Gasteiger charge is -2.24. The van der Waals surface area contributed by atoms with Gasteiger partial charge in [-0.05, 0) is 37.8 Å². The number of urea groups is 1. The number of carboxylic acid groups (broad SMARTS) is 1. The molecular formula is C24H29N5O5. The number of imidazole rings is 1. The Balaban J connectivity index is 1.52. The maximum Gasteiger partial charge on any atom is 0.333 e. The monoisotopic (exact) mass is 467 g/mol. The number of ether oxygens (including phenoxy) is 1. The number of aromatic nitrogens is 2. The summed E-state index contributed by atoms with van der Waals surface area (Å²) in [5.74, 6) is 0.657. The average molecular weight is 468 g/mol. The van der Waals surface area contributed by atoms with Crippen LogP contribution in [0.5, 0.6) is 5.75 Å². The second-order valence-corrected chi connectivity index (χ2v) is 9.26. The summed E-state index contributed by atoms with van der Waals surface area (Å²) >= 11 is 0. The van der Waals surface area contributed by atoms with E-state index >= 15 is 0 Å². The van der Waals surface area contributed by atoms with E-state index in [0.717, 1.165) is 17.7 Å². The molecule has 0 saturated carbocycles. The zero-order valence-electron chi connectivity index (χ0n) is 19.6. The Labute approximate surface area is 197 Å². The molecule has 0 spiro atoms. The fourth-order valence-corrected chi connectivity index (χ4v) is 5.21. The third-order valence-electron chi connectivity index (χ3n) is 6.86. The van der Waals surface area contributed by atoms with Crippen molar-refractivity contribution in [3.8, 4) is 17.1 Å². The average Bonchev–Trinajstić information content (AvgIpc) is 3.47. The first-order valence-corrected chi connectivity index (χ1v) is 11.8. The molecule has 3 amide bonds. The SMILES string of the molecule is CCN1C(=O)C(C(C)C)N(c2cn3c(n2)-c2ccc(N4CCC[C@H]4C(=O)O)cc2OCC3)C1=O. The number of nitrogens with zero attached hydrogens (tertiary/aromatic N) is 5. The van der Waals surface area contributed by atoms with Crippen LogP contribution < -0.4 is 14.5 Å². The molecule has 2 atom stereocenters. The highest BCUT2D eigenvalue weighted by atomic mass is 16.5. The van der Waals surface area contributed by atoms with Crippen LogP contribution >= 0.6 is 0 Å². The first-order chi connectivity index (χ1) is 16.3. The molecule has 1 aromatic heterocycles. The van der Waals surface area contributed by atoms with Gasteiger partial charge in [-0.25, -0.2) is 14.6 Å². The zero-order chi connectivity index (χ0) is 24.1. The lowest BCUT2D eigenvalue weighted by Crippen LogP contribution is -2.39. The number of rotatable bonds is 5. The molecule has 1 N–H and O–H groups in total. The van der Waals surface area contributed by atoms with Crippen molar-refractivity contribution in [2.75, 3.05) is 29.5 Å². The van der Waals surface area contributed by atoms with Crippen LogP contribution in [0.1, 0.15) is 33.6 Å². The van der Waals surface area contributed by atoms with Gasteiger partial charge < -0.3 is 19.3 Å². The molecule has 10 heteroatoms. The summed E-state index contributed by atoms with van der Waals surface area (Å²) < 4.78 is 7.95.